The van der Waals surface area contributed by atoms with Gasteiger partial charge in [0.25, 0.3) is 0 Å². The SMILES string of the molecule is CC[C@@H](C)NCc1cn[nH]c1C. The predicted octanol–water partition coefficient (Wildman–Crippen LogP) is 1.61. The first kappa shape index (κ1) is 9.26. The standard InChI is InChI=1S/C9H17N3/c1-4-7(2)10-5-9-6-11-12-8(9)3/h6-7,10H,4-5H2,1-3H3,(H,11,12)/t7-/m1/s1. The van der Waals surface area contributed by atoms with Gasteiger partial charge in [0.2, 0.25) is 0 Å². The smallest absolute Gasteiger partial charge is 0.0535 e. The van der Waals surface area contributed by atoms with Crippen LogP contribution in [0.3, 0.4) is 0 Å². The Morgan fingerprint density at radius 1 is 1.67 bits per heavy atom. The van der Waals surface area contributed by atoms with E-state index in [1.165, 1.54) is 5.56 Å². The van der Waals surface area contributed by atoms with E-state index in [1.54, 1.807) is 0 Å². The molecule has 1 aromatic heterocycles. The van der Waals surface area contributed by atoms with Crippen molar-refractivity contribution in [3.05, 3.63) is 17.5 Å². The molecule has 0 aliphatic rings. The van der Waals surface area contributed by atoms with Crippen LogP contribution >= 0.6 is 0 Å². The zero-order valence-electron chi connectivity index (χ0n) is 8.02. The summed E-state index contributed by atoms with van der Waals surface area (Å²) in [7, 11) is 0. The number of aromatic nitrogens is 2. The lowest BCUT2D eigenvalue weighted by Gasteiger charge is -2.09. The van der Waals surface area contributed by atoms with Gasteiger partial charge in [0.1, 0.15) is 0 Å². The van der Waals surface area contributed by atoms with E-state index < -0.39 is 0 Å². The molecule has 0 spiro atoms. The van der Waals surface area contributed by atoms with E-state index in [9.17, 15) is 0 Å². The van der Waals surface area contributed by atoms with E-state index in [2.05, 4.69) is 29.4 Å². The molecular formula is C9H17N3. The second-order valence-corrected chi connectivity index (χ2v) is 3.21. The molecule has 68 valence electrons. The van der Waals surface area contributed by atoms with E-state index in [0.29, 0.717) is 6.04 Å². The fourth-order valence-electron chi connectivity index (χ4n) is 0.982. The molecule has 0 fully saturated rings. The maximum Gasteiger partial charge on any atom is 0.0535 e. The summed E-state index contributed by atoms with van der Waals surface area (Å²) >= 11 is 0. The first-order valence-corrected chi connectivity index (χ1v) is 4.46. The molecule has 0 aliphatic carbocycles. The summed E-state index contributed by atoms with van der Waals surface area (Å²) in [5, 5.41) is 10.3. The zero-order chi connectivity index (χ0) is 8.97. The minimum atomic E-state index is 0.583. The Labute approximate surface area is 73.6 Å². The van der Waals surface area contributed by atoms with Gasteiger partial charge in [-0.15, -0.1) is 0 Å². The van der Waals surface area contributed by atoms with E-state index in [4.69, 9.17) is 0 Å². The molecule has 1 heterocycles. The minimum absolute atomic E-state index is 0.583. The molecule has 1 aromatic rings. The number of hydrogen-bond acceptors (Lipinski definition) is 2. The van der Waals surface area contributed by atoms with Crippen LogP contribution in [0.5, 0.6) is 0 Å². The summed E-state index contributed by atoms with van der Waals surface area (Å²) in [4.78, 5) is 0. The van der Waals surface area contributed by atoms with Gasteiger partial charge in [-0.3, -0.25) is 5.10 Å². The van der Waals surface area contributed by atoms with Gasteiger partial charge < -0.3 is 5.32 Å². The van der Waals surface area contributed by atoms with Gasteiger partial charge in [0.05, 0.1) is 6.20 Å². The van der Waals surface area contributed by atoms with Crippen molar-refractivity contribution in [2.45, 2.75) is 39.8 Å². The summed E-state index contributed by atoms with van der Waals surface area (Å²) < 4.78 is 0. The number of rotatable bonds is 4. The van der Waals surface area contributed by atoms with Crippen LogP contribution in [0, 0.1) is 6.92 Å². The van der Waals surface area contributed by atoms with Crippen LogP contribution in [0.25, 0.3) is 0 Å². The quantitative estimate of drug-likeness (QED) is 0.715. The van der Waals surface area contributed by atoms with Crippen LogP contribution in [0.15, 0.2) is 6.20 Å². The van der Waals surface area contributed by atoms with Crippen LogP contribution in [0.2, 0.25) is 0 Å². The van der Waals surface area contributed by atoms with Gasteiger partial charge in [0.15, 0.2) is 0 Å². The summed E-state index contributed by atoms with van der Waals surface area (Å²) in [5.74, 6) is 0. The van der Waals surface area contributed by atoms with Crippen molar-refractivity contribution in [2.75, 3.05) is 0 Å². The van der Waals surface area contributed by atoms with Crippen molar-refractivity contribution in [2.24, 2.45) is 0 Å². The summed E-state index contributed by atoms with van der Waals surface area (Å²) in [6.45, 7) is 7.33. The highest BCUT2D eigenvalue weighted by Gasteiger charge is 2.01. The number of aromatic amines is 1. The average Bonchev–Trinajstić information content (AvgIpc) is 2.47. The molecule has 0 amide bonds. The topological polar surface area (TPSA) is 40.7 Å². The fraction of sp³-hybridized carbons (Fsp3) is 0.667. The first-order valence-electron chi connectivity index (χ1n) is 4.46. The highest BCUT2D eigenvalue weighted by molar-refractivity contribution is 5.13. The Morgan fingerprint density at radius 2 is 2.42 bits per heavy atom. The van der Waals surface area contributed by atoms with E-state index in [1.807, 2.05) is 13.1 Å². The molecule has 1 atom stereocenters. The normalized spacial score (nSPS) is 13.2. The first-order chi connectivity index (χ1) is 5.74. The van der Waals surface area contributed by atoms with E-state index >= 15 is 0 Å². The average molecular weight is 167 g/mol. The lowest BCUT2D eigenvalue weighted by atomic mass is 10.2. The van der Waals surface area contributed by atoms with Crippen molar-refractivity contribution in [1.82, 2.24) is 15.5 Å². The van der Waals surface area contributed by atoms with Gasteiger partial charge in [-0.25, -0.2) is 0 Å². The molecular weight excluding hydrogens is 150 g/mol. The Hall–Kier alpha value is -0.830. The Kier molecular flexibility index (Phi) is 3.29. The van der Waals surface area contributed by atoms with Gasteiger partial charge in [-0.05, 0) is 20.3 Å². The lowest BCUT2D eigenvalue weighted by Crippen LogP contribution is -2.24. The third-order valence-corrected chi connectivity index (χ3v) is 2.19. The molecule has 0 saturated carbocycles. The molecule has 3 nitrogen and oxygen atoms in total. The molecule has 12 heavy (non-hydrogen) atoms. The van der Waals surface area contributed by atoms with Gasteiger partial charge in [-0.1, -0.05) is 6.92 Å². The molecule has 1 rings (SSSR count). The molecule has 0 aromatic carbocycles. The highest BCUT2D eigenvalue weighted by Crippen LogP contribution is 2.02. The van der Waals surface area contributed by atoms with Gasteiger partial charge in [0, 0.05) is 23.8 Å². The van der Waals surface area contributed by atoms with Crippen molar-refractivity contribution < 1.29 is 0 Å². The number of aryl methyl sites for hydroxylation is 1. The van der Waals surface area contributed by atoms with E-state index in [-0.39, 0.29) is 0 Å². The maximum absolute atomic E-state index is 3.96. The second kappa shape index (κ2) is 4.26. The van der Waals surface area contributed by atoms with Crippen LogP contribution in [-0.2, 0) is 6.54 Å². The third-order valence-electron chi connectivity index (χ3n) is 2.19. The van der Waals surface area contributed by atoms with Crippen LogP contribution in [0.4, 0.5) is 0 Å². The van der Waals surface area contributed by atoms with Gasteiger partial charge in [-0.2, -0.15) is 5.10 Å². The van der Waals surface area contributed by atoms with E-state index in [0.717, 1.165) is 18.7 Å². The van der Waals surface area contributed by atoms with Gasteiger partial charge >= 0.3 is 0 Å². The predicted molar refractivity (Wildman–Crippen MR) is 49.9 cm³/mol. The Bertz CT molecular complexity index is 229. The van der Waals surface area contributed by atoms with Crippen LogP contribution in [0.1, 0.15) is 31.5 Å². The van der Waals surface area contributed by atoms with Crippen LogP contribution < -0.4 is 5.32 Å². The number of H-pyrrole nitrogens is 1. The van der Waals surface area contributed by atoms with Crippen molar-refractivity contribution >= 4 is 0 Å². The largest absolute Gasteiger partial charge is 0.310 e. The molecule has 0 bridgehead atoms. The molecule has 2 N–H and O–H groups in total. The summed E-state index contributed by atoms with van der Waals surface area (Å²) in [6.07, 6.45) is 3.04. The molecule has 0 saturated heterocycles. The molecule has 0 radical (unpaired) electrons. The lowest BCUT2D eigenvalue weighted by molar-refractivity contribution is 0.533. The Morgan fingerprint density at radius 3 is 2.92 bits per heavy atom. The second-order valence-electron chi connectivity index (χ2n) is 3.21. The molecule has 0 unspecified atom stereocenters. The Balaban J connectivity index is 2.38. The van der Waals surface area contributed by atoms with Crippen molar-refractivity contribution in [3.63, 3.8) is 0 Å². The monoisotopic (exact) mass is 167 g/mol. The zero-order valence-corrected chi connectivity index (χ0v) is 8.02. The number of hydrogen-bond donors (Lipinski definition) is 2. The minimum Gasteiger partial charge on any atom is -0.310 e. The fourth-order valence-corrected chi connectivity index (χ4v) is 0.982. The number of nitrogens with one attached hydrogen (secondary N) is 2. The summed E-state index contributed by atoms with van der Waals surface area (Å²) in [6, 6.07) is 0.583. The summed E-state index contributed by atoms with van der Waals surface area (Å²) in [5.41, 5.74) is 2.42. The number of nitrogens with zero attached hydrogens (tertiary/aromatic N) is 1. The molecule has 3 heteroatoms. The van der Waals surface area contributed by atoms with Crippen molar-refractivity contribution in [3.8, 4) is 0 Å². The van der Waals surface area contributed by atoms with Crippen LogP contribution in [-0.4, -0.2) is 16.2 Å². The highest BCUT2D eigenvalue weighted by atomic mass is 15.1. The maximum atomic E-state index is 3.96. The third kappa shape index (κ3) is 2.34. The van der Waals surface area contributed by atoms with Crippen molar-refractivity contribution in [1.29, 1.82) is 0 Å². The molecule has 0 aliphatic heterocycles.